The first kappa shape index (κ1) is 15.0. The smallest absolute Gasteiger partial charge is 0.291 e. The lowest BCUT2D eigenvalue weighted by Crippen LogP contribution is -2.31. The number of aromatic nitrogens is 3. The molecule has 2 aromatic heterocycles. The first-order chi connectivity index (χ1) is 12.0. The quantitative estimate of drug-likeness (QED) is 0.674. The average Bonchev–Trinajstić information content (AvgIpc) is 2.83. The maximum absolute atomic E-state index is 12.5. The number of hydrogen-bond acceptors (Lipinski definition) is 5. The van der Waals surface area contributed by atoms with Crippen LogP contribution in [0.15, 0.2) is 46.0 Å². The molecule has 1 aliphatic rings. The lowest BCUT2D eigenvalue weighted by atomic mass is 10.1. The van der Waals surface area contributed by atoms with Crippen LogP contribution in [0.25, 0.3) is 11.0 Å². The first-order valence-electron chi connectivity index (χ1n) is 7.62. The van der Waals surface area contributed by atoms with Crippen LogP contribution < -0.4 is 11.2 Å². The van der Waals surface area contributed by atoms with Crippen molar-refractivity contribution < 1.29 is 9.59 Å². The molecular weight excluding hydrogens is 324 g/mol. The third-order valence-corrected chi connectivity index (χ3v) is 4.12. The Balaban J connectivity index is 1.72. The molecule has 124 valence electrons. The fourth-order valence-electron chi connectivity index (χ4n) is 2.87. The van der Waals surface area contributed by atoms with E-state index in [4.69, 9.17) is 0 Å². The molecule has 3 aromatic rings. The highest BCUT2D eigenvalue weighted by atomic mass is 16.2. The minimum atomic E-state index is -0.720. The minimum absolute atomic E-state index is 0.0152. The highest BCUT2D eigenvalue weighted by Gasteiger charge is 2.37. The van der Waals surface area contributed by atoms with Gasteiger partial charge in [-0.3, -0.25) is 29.3 Å². The molecule has 0 atom stereocenters. The van der Waals surface area contributed by atoms with Crippen LogP contribution in [0, 0.1) is 0 Å². The van der Waals surface area contributed by atoms with Gasteiger partial charge in [0.05, 0.1) is 10.9 Å². The fraction of sp³-hybridized carbons (Fsp3) is 0.118. The molecule has 2 amide bonds. The number of hydrogen-bond donors (Lipinski definition) is 2. The van der Waals surface area contributed by atoms with E-state index >= 15 is 0 Å². The average molecular weight is 336 g/mol. The third-order valence-electron chi connectivity index (χ3n) is 4.12. The van der Waals surface area contributed by atoms with Gasteiger partial charge in [-0.05, 0) is 18.1 Å². The van der Waals surface area contributed by atoms with Crippen molar-refractivity contribution in [1.82, 2.24) is 19.9 Å². The summed E-state index contributed by atoms with van der Waals surface area (Å²) in [6.07, 6.45) is 0.517. The van der Waals surface area contributed by atoms with Crippen LogP contribution in [-0.2, 0) is 6.42 Å². The molecule has 0 aliphatic carbocycles. The lowest BCUT2D eigenvalue weighted by molar-refractivity contribution is 0.0654. The molecule has 0 unspecified atom stereocenters. The van der Waals surface area contributed by atoms with E-state index in [2.05, 4.69) is 15.0 Å². The van der Waals surface area contributed by atoms with Gasteiger partial charge >= 0.3 is 5.69 Å². The van der Waals surface area contributed by atoms with E-state index in [-0.39, 0.29) is 28.8 Å². The van der Waals surface area contributed by atoms with E-state index in [1.54, 1.807) is 0 Å². The molecule has 2 N–H and O–H groups in total. The second kappa shape index (κ2) is 5.52. The molecule has 0 radical (unpaired) electrons. The van der Waals surface area contributed by atoms with Gasteiger partial charge < -0.3 is 0 Å². The highest BCUT2D eigenvalue weighted by molar-refractivity contribution is 6.21. The van der Waals surface area contributed by atoms with Crippen LogP contribution in [0.1, 0.15) is 26.4 Å². The zero-order chi connectivity index (χ0) is 17.6. The van der Waals surface area contributed by atoms with Crippen LogP contribution >= 0.6 is 0 Å². The highest BCUT2D eigenvalue weighted by Crippen LogP contribution is 2.23. The molecule has 3 heterocycles. The molecule has 0 saturated carbocycles. The van der Waals surface area contributed by atoms with Gasteiger partial charge in [-0.2, -0.15) is 0 Å². The largest absolute Gasteiger partial charge is 0.327 e. The van der Waals surface area contributed by atoms with Gasteiger partial charge in [0, 0.05) is 6.54 Å². The number of pyridine rings is 1. The van der Waals surface area contributed by atoms with E-state index in [1.807, 2.05) is 30.3 Å². The fourth-order valence-corrected chi connectivity index (χ4v) is 2.87. The summed E-state index contributed by atoms with van der Waals surface area (Å²) in [5, 5.41) is 0.0596. The molecule has 0 fully saturated rings. The predicted molar refractivity (Wildman–Crippen MR) is 88.5 cm³/mol. The van der Waals surface area contributed by atoms with Gasteiger partial charge in [0.1, 0.15) is 11.3 Å². The Kier molecular flexibility index (Phi) is 3.31. The van der Waals surface area contributed by atoms with Gasteiger partial charge in [0.15, 0.2) is 0 Å². The van der Waals surface area contributed by atoms with E-state index < -0.39 is 23.1 Å². The number of benzene rings is 1. The molecule has 4 rings (SSSR count). The Morgan fingerprint density at radius 2 is 1.72 bits per heavy atom. The van der Waals surface area contributed by atoms with Crippen molar-refractivity contribution in [3.05, 3.63) is 74.1 Å². The number of imide groups is 1. The summed E-state index contributed by atoms with van der Waals surface area (Å²) in [5.74, 6) is -1.02. The number of amides is 2. The number of rotatable bonds is 3. The number of aromatic amines is 2. The van der Waals surface area contributed by atoms with Crippen LogP contribution in [0.4, 0.5) is 0 Å². The van der Waals surface area contributed by atoms with Gasteiger partial charge in [-0.15, -0.1) is 0 Å². The SMILES string of the molecule is O=C1c2cc3c(=O)[nH]c(=O)[nH]c3nc2C(=O)N1CCc1ccccc1. The Bertz CT molecular complexity index is 1130. The summed E-state index contributed by atoms with van der Waals surface area (Å²) >= 11 is 0. The molecule has 0 bridgehead atoms. The van der Waals surface area contributed by atoms with Crippen LogP contribution in [-0.4, -0.2) is 38.2 Å². The Morgan fingerprint density at radius 3 is 2.48 bits per heavy atom. The number of nitrogens with one attached hydrogen (secondary N) is 2. The Labute approximate surface area is 140 Å². The zero-order valence-corrected chi connectivity index (χ0v) is 12.9. The Morgan fingerprint density at radius 1 is 0.960 bits per heavy atom. The summed E-state index contributed by atoms with van der Waals surface area (Å²) in [6, 6.07) is 10.8. The summed E-state index contributed by atoms with van der Waals surface area (Å²) < 4.78 is 0. The van der Waals surface area contributed by atoms with Crippen molar-refractivity contribution >= 4 is 22.8 Å². The molecule has 25 heavy (non-hydrogen) atoms. The van der Waals surface area contributed by atoms with Gasteiger partial charge in [-0.1, -0.05) is 30.3 Å². The van der Waals surface area contributed by atoms with Crippen molar-refractivity contribution in [3.8, 4) is 0 Å². The standard InChI is InChI=1S/C17H12N4O4/c22-14-11-8-10-12(18-13(11)19-17(25)20-14)16(24)21(15(10)23)7-6-9-4-2-1-3-5-9/h1-5,8H,6-7H2,(H2,18,19,20,22,25). The predicted octanol–water partition coefficient (Wildman–Crippen LogP) is 0.450. The molecule has 8 nitrogen and oxygen atoms in total. The van der Waals surface area contributed by atoms with Gasteiger partial charge in [-0.25, -0.2) is 9.78 Å². The van der Waals surface area contributed by atoms with E-state index in [1.165, 1.54) is 6.07 Å². The zero-order valence-electron chi connectivity index (χ0n) is 12.9. The molecule has 8 heteroatoms. The second-order valence-corrected chi connectivity index (χ2v) is 5.69. The normalized spacial score (nSPS) is 13.5. The summed E-state index contributed by atoms with van der Waals surface area (Å²) in [5.41, 5.74) is -0.369. The van der Waals surface area contributed by atoms with Crippen LogP contribution in [0.3, 0.4) is 0 Å². The van der Waals surface area contributed by atoms with Gasteiger partial charge in [0.25, 0.3) is 17.4 Å². The number of carbonyl (C=O) groups excluding carboxylic acids is 2. The van der Waals surface area contributed by atoms with Crippen molar-refractivity contribution in [2.45, 2.75) is 6.42 Å². The summed E-state index contributed by atoms with van der Waals surface area (Å²) in [7, 11) is 0. The van der Waals surface area contributed by atoms with E-state index in [0.29, 0.717) is 6.42 Å². The number of H-pyrrole nitrogens is 2. The lowest BCUT2D eigenvalue weighted by Gasteiger charge is -2.13. The first-order valence-corrected chi connectivity index (χ1v) is 7.62. The van der Waals surface area contributed by atoms with E-state index in [9.17, 15) is 19.2 Å². The molecule has 1 aromatic carbocycles. The maximum Gasteiger partial charge on any atom is 0.327 e. The van der Waals surface area contributed by atoms with Crippen LogP contribution in [0.2, 0.25) is 0 Å². The van der Waals surface area contributed by atoms with Crippen molar-refractivity contribution in [2.24, 2.45) is 0 Å². The summed E-state index contributed by atoms with van der Waals surface area (Å²) in [6.45, 7) is 0.210. The van der Waals surface area contributed by atoms with Crippen LogP contribution in [0.5, 0.6) is 0 Å². The number of nitrogens with zero attached hydrogens (tertiary/aromatic N) is 2. The third kappa shape index (κ3) is 2.44. The molecular formula is C17H12N4O4. The van der Waals surface area contributed by atoms with Crippen molar-refractivity contribution in [1.29, 1.82) is 0 Å². The molecule has 0 saturated heterocycles. The minimum Gasteiger partial charge on any atom is -0.291 e. The van der Waals surface area contributed by atoms with Crippen molar-refractivity contribution in [2.75, 3.05) is 6.54 Å². The number of fused-ring (bicyclic) bond motifs is 2. The second-order valence-electron chi connectivity index (χ2n) is 5.69. The number of carbonyl (C=O) groups is 2. The molecule has 1 aliphatic heterocycles. The summed E-state index contributed by atoms with van der Waals surface area (Å²) in [4.78, 5) is 57.8. The monoisotopic (exact) mass is 336 g/mol. The van der Waals surface area contributed by atoms with E-state index in [0.717, 1.165) is 10.5 Å². The maximum atomic E-state index is 12.5. The molecule has 0 spiro atoms. The van der Waals surface area contributed by atoms with Gasteiger partial charge in [0.2, 0.25) is 0 Å². The van der Waals surface area contributed by atoms with Crippen molar-refractivity contribution in [3.63, 3.8) is 0 Å². The Hall–Kier alpha value is -3.55. The topological polar surface area (TPSA) is 116 Å².